The maximum Gasteiger partial charge on any atom is 0.226 e. The van der Waals surface area contributed by atoms with Gasteiger partial charge in [0.25, 0.3) is 0 Å². The van der Waals surface area contributed by atoms with Crippen LogP contribution in [0.1, 0.15) is 44.9 Å². The molecule has 108 valence electrons. The molecular formula is C15H25ClN2O. The van der Waals surface area contributed by atoms with Gasteiger partial charge in [-0.3, -0.25) is 4.79 Å². The number of nitrogens with one attached hydrogen (secondary N) is 1. The van der Waals surface area contributed by atoms with Crippen molar-refractivity contribution in [3.8, 4) is 0 Å². The normalized spacial score (nSPS) is 33.9. The van der Waals surface area contributed by atoms with Gasteiger partial charge in [-0.25, -0.2) is 0 Å². The van der Waals surface area contributed by atoms with E-state index in [0.29, 0.717) is 22.7 Å². The van der Waals surface area contributed by atoms with Crippen molar-refractivity contribution in [3.05, 3.63) is 0 Å². The molecular weight excluding hydrogens is 260 g/mol. The van der Waals surface area contributed by atoms with E-state index in [1.165, 1.54) is 44.9 Å². The summed E-state index contributed by atoms with van der Waals surface area (Å²) in [6.45, 7) is 4.36. The van der Waals surface area contributed by atoms with Crippen molar-refractivity contribution < 1.29 is 4.79 Å². The molecule has 4 rings (SSSR count). The van der Waals surface area contributed by atoms with Crippen LogP contribution in [-0.2, 0) is 4.79 Å². The van der Waals surface area contributed by atoms with Crippen LogP contribution in [0.25, 0.3) is 0 Å². The van der Waals surface area contributed by atoms with Crippen LogP contribution in [0.2, 0.25) is 0 Å². The van der Waals surface area contributed by atoms with Gasteiger partial charge in [-0.1, -0.05) is 6.42 Å². The van der Waals surface area contributed by atoms with Crippen molar-refractivity contribution in [2.45, 2.75) is 44.9 Å². The van der Waals surface area contributed by atoms with E-state index in [4.69, 9.17) is 0 Å². The molecule has 2 spiro atoms. The lowest BCUT2D eigenvalue weighted by Crippen LogP contribution is -2.38. The standard InChI is InChI=1S/C15H24N2O.ClH/c18-13(12-10-15(12)4-7-16-8-5-15)17-9-6-14(11-17)2-1-3-14;/h12,16H,1-11H2;1H. The van der Waals surface area contributed by atoms with Crippen LogP contribution in [-0.4, -0.2) is 37.0 Å². The highest BCUT2D eigenvalue weighted by Crippen LogP contribution is 2.60. The lowest BCUT2D eigenvalue weighted by atomic mass is 9.68. The van der Waals surface area contributed by atoms with Crippen LogP contribution < -0.4 is 5.32 Å². The van der Waals surface area contributed by atoms with Crippen molar-refractivity contribution in [3.63, 3.8) is 0 Å². The average Bonchev–Trinajstić information content (AvgIpc) is 2.86. The van der Waals surface area contributed by atoms with E-state index in [1.54, 1.807) is 0 Å². The molecule has 1 atom stereocenters. The quantitative estimate of drug-likeness (QED) is 0.801. The molecule has 2 saturated carbocycles. The first kappa shape index (κ1) is 13.7. The molecule has 0 aromatic carbocycles. The zero-order valence-corrected chi connectivity index (χ0v) is 12.4. The predicted molar refractivity (Wildman–Crippen MR) is 77.4 cm³/mol. The summed E-state index contributed by atoms with van der Waals surface area (Å²) in [6, 6.07) is 0. The Morgan fingerprint density at radius 2 is 1.84 bits per heavy atom. The van der Waals surface area contributed by atoms with Crippen molar-refractivity contribution in [1.82, 2.24) is 10.2 Å². The summed E-state index contributed by atoms with van der Waals surface area (Å²) in [5.74, 6) is 0.885. The summed E-state index contributed by atoms with van der Waals surface area (Å²) < 4.78 is 0. The molecule has 0 bridgehead atoms. The third-order valence-electron chi connectivity index (χ3n) is 6.25. The Labute approximate surface area is 121 Å². The first-order valence-electron chi connectivity index (χ1n) is 7.73. The monoisotopic (exact) mass is 284 g/mol. The summed E-state index contributed by atoms with van der Waals surface area (Å²) in [5.41, 5.74) is 0.976. The molecule has 2 saturated heterocycles. The van der Waals surface area contributed by atoms with Gasteiger partial charge in [0, 0.05) is 19.0 Å². The summed E-state index contributed by atoms with van der Waals surface area (Å²) >= 11 is 0. The highest BCUT2D eigenvalue weighted by molar-refractivity contribution is 5.85. The number of nitrogens with zero attached hydrogens (tertiary/aromatic N) is 1. The Morgan fingerprint density at radius 3 is 2.42 bits per heavy atom. The molecule has 0 radical (unpaired) electrons. The van der Waals surface area contributed by atoms with E-state index < -0.39 is 0 Å². The van der Waals surface area contributed by atoms with Crippen LogP contribution in [0.5, 0.6) is 0 Å². The minimum atomic E-state index is 0. The molecule has 2 heterocycles. The van der Waals surface area contributed by atoms with Gasteiger partial charge in [-0.05, 0) is 62.4 Å². The lowest BCUT2D eigenvalue weighted by Gasteiger charge is -2.38. The molecule has 1 unspecified atom stereocenters. The minimum Gasteiger partial charge on any atom is -0.342 e. The molecule has 4 aliphatic rings. The molecule has 19 heavy (non-hydrogen) atoms. The minimum absolute atomic E-state index is 0. The second-order valence-electron chi connectivity index (χ2n) is 7.23. The number of rotatable bonds is 1. The van der Waals surface area contributed by atoms with Crippen molar-refractivity contribution in [2.75, 3.05) is 26.2 Å². The van der Waals surface area contributed by atoms with Crippen molar-refractivity contribution >= 4 is 18.3 Å². The fourth-order valence-electron chi connectivity index (χ4n) is 4.60. The third kappa shape index (κ3) is 2.09. The molecule has 0 aromatic rings. The summed E-state index contributed by atoms with van der Waals surface area (Å²) in [6.07, 6.45) is 9.04. The molecule has 1 N–H and O–H groups in total. The Hall–Kier alpha value is -0.280. The van der Waals surface area contributed by atoms with Crippen LogP contribution in [0.4, 0.5) is 0 Å². The van der Waals surface area contributed by atoms with Crippen LogP contribution in [0.3, 0.4) is 0 Å². The second-order valence-corrected chi connectivity index (χ2v) is 7.23. The summed E-state index contributed by atoms with van der Waals surface area (Å²) in [4.78, 5) is 14.8. The molecule has 0 aromatic heterocycles. The number of carbonyl (C=O) groups excluding carboxylic acids is 1. The number of piperidine rings is 1. The zero-order valence-electron chi connectivity index (χ0n) is 11.6. The van der Waals surface area contributed by atoms with Crippen LogP contribution in [0, 0.1) is 16.7 Å². The third-order valence-corrected chi connectivity index (χ3v) is 6.25. The molecule has 4 fully saturated rings. The van der Waals surface area contributed by atoms with E-state index in [9.17, 15) is 4.79 Å². The van der Waals surface area contributed by atoms with Crippen molar-refractivity contribution in [1.29, 1.82) is 0 Å². The molecule has 3 nitrogen and oxygen atoms in total. The van der Waals surface area contributed by atoms with E-state index in [1.807, 2.05) is 0 Å². The Morgan fingerprint density at radius 1 is 1.11 bits per heavy atom. The topological polar surface area (TPSA) is 32.3 Å². The van der Waals surface area contributed by atoms with Crippen LogP contribution in [0.15, 0.2) is 0 Å². The molecule has 4 heteroatoms. The number of carbonyl (C=O) groups is 1. The van der Waals surface area contributed by atoms with E-state index >= 15 is 0 Å². The number of hydrogen-bond donors (Lipinski definition) is 1. The number of likely N-dealkylation sites (tertiary alicyclic amines) is 1. The maximum absolute atomic E-state index is 12.6. The van der Waals surface area contributed by atoms with Gasteiger partial charge < -0.3 is 10.2 Å². The van der Waals surface area contributed by atoms with Gasteiger partial charge in [0.05, 0.1) is 0 Å². The van der Waals surface area contributed by atoms with E-state index in [2.05, 4.69) is 10.2 Å². The fourth-order valence-corrected chi connectivity index (χ4v) is 4.60. The average molecular weight is 285 g/mol. The molecule has 2 aliphatic heterocycles. The predicted octanol–water partition coefficient (Wildman–Crippen LogP) is 2.20. The first-order chi connectivity index (χ1) is 8.73. The largest absolute Gasteiger partial charge is 0.342 e. The number of hydrogen-bond acceptors (Lipinski definition) is 2. The Kier molecular flexibility index (Phi) is 3.33. The molecule has 2 aliphatic carbocycles. The van der Waals surface area contributed by atoms with Gasteiger partial charge in [-0.15, -0.1) is 12.4 Å². The summed E-state index contributed by atoms with van der Waals surface area (Å²) in [7, 11) is 0. The highest BCUT2D eigenvalue weighted by atomic mass is 35.5. The SMILES string of the molecule is Cl.O=C(C1CC12CCNCC2)N1CCC2(CCC2)C1. The van der Waals surface area contributed by atoms with Gasteiger partial charge in [0.15, 0.2) is 0 Å². The van der Waals surface area contributed by atoms with Crippen LogP contribution >= 0.6 is 12.4 Å². The highest BCUT2D eigenvalue weighted by Gasteiger charge is 2.59. The zero-order chi connectivity index (χ0) is 12.2. The lowest BCUT2D eigenvalue weighted by molar-refractivity contribution is -0.133. The molecule has 1 amide bonds. The van der Waals surface area contributed by atoms with Gasteiger partial charge >= 0.3 is 0 Å². The van der Waals surface area contributed by atoms with Gasteiger partial charge in [0.1, 0.15) is 0 Å². The summed E-state index contributed by atoms with van der Waals surface area (Å²) in [5, 5.41) is 3.42. The Bertz CT molecular complexity index is 368. The maximum atomic E-state index is 12.6. The Balaban J connectivity index is 0.00000110. The first-order valence-corrected chi connectivity index (χ1v) is 7.73. The van der Waals surface area contributed by atoms with E-state index in [0.717, 1.165) is 26.2 Å². The number of halogens is 1. The van der Waals surface area contributed by atoms with Gasteiger partial charge in [-0.2, -0.15) is 0 Å². The van der Waals surface area contributed by atoms with E-state index in [-0.39, 0.29) is 12.4 Å². The smallest absolute Gasteiger partial charge is 0.226 e. The van der Waals surface area contributed by atoms with Gasteiger partial charge in [0.2, 0.25) is 5.91 Å². The van der Waals surface area contributed by atoms with Crippen molar-refractivity contribution in [2.24, 2.45) is 16.7 Å². The fraction of sp³-hybridized carbons (Fsp3) is 0.933. The second kappa shape index (κ2) is 4.63. The number of amides is 1.